The van der Waals surface area contributed by atoms with E-state index < -0.39 is 0 Å². The van der Waals surface area contributed by atoms with Crippen molar-refractivity contribution in [2.75, 3.05) is 6.54 Å². The Kier molecular flexibility index (Phi) is 3.68. The first kappa shape index (κ1) is 11.5. The quantitative estimate of drug-likeness (QED) is 0.687. The van der Waals surface area contributed by atoms with Crippen molar-refractivity contribution in [3.8, 4) is 5.75 Å². The van der Waals surface area contributed by atoms with Gasteiger partial charge >= 0.3 is 0 Å². The lowest BCUT2D eigenvalue weighted by Gasteiger charge is -2.12. The Labute approximate surface area is 89.1 Å². The largest absolute Gasteiger partial charge is 0.508 e. The van der Waals surface area contributed by atoms with Gasteiger partial charge in [-0.05, 0) is 37.6 Å². The second kappa shape index (κ2) is 4.79. The Bertz CT molecular complexity index is 364. The third-order valence-electron chi connectivity index (χ3n) is 2.19. The lowest BCUT2D eigenvalue weighted by atomic mass is 10.1. The summed E-state index contributed by atoms with van der Waals surface area (Å²) in [5, 5.41) is 12.0. The van der Waals surface area contributed by atoms with Crippen LogP contribution in [-0.2, 0) is 0 Å². The molecule has 0 radical (unpaired) electrons. The molecule has 0 aliphatic rings. The fourth-order valence-electron chi connectivity index (χ4n) is 1.26. The van der Waals surface area contributed by atoms with Crippen LogP contribution >= 0.6 is 0 Å². The summed E-state index contributed by atoms with van der Waals surface area (Å²) in [5.74, 6) is 0.00127. The van der Waals surface area contributed by atoms with E-state index in [1.165, 1.54) is 6.07 Å². The van der Waals surface area contributed by atoms with Crippen LogP contribution in [0.15, 0.2) is 18.2 Å². The number of hydrogen-bond donors (Lipinski definition) is 3. The summed E-state index contributed by atoms with van der Waals surface area (Å²) < 4.78 is 0. The molecule has 1 atom stereocenters. The average Bonchev–Trinajstić information content (AvgIpc) is 2.17. The van der Waals surface area contributed by atoms with Crippen molar-refractivity contribution in [3.63, 3.8) is 0 Å². The minimum atomic E-state index is -0.162. The summed E-state index contributed by atoms with van der Waals surface area (Å²) in [4.78, 5) is 11.7. The molecule has 0 heterocycles. The molecule has 1 aromatic carbocycles. The number of nitrogens with one attached hydrogen (secondary N) is 1. The van der Waals surface area contributed by atoms with Gasteiger partial charge in [0, 0.05) is 18.2 Å². The van der Waals surface area contributed by atoms with Crippen molar-refractivity contribution >= 4 is 5.91 Å². The summed E-state index contributed by atoms with van der Waals surface area (Å²) in [6.07, 6.45) is 0. The van der Waals surface area contributed by atoms with E-state index in [-0.39, 0.29) is 17.7 Å². The number of phenolic OH excluding ortho intramolecular Hbond substituents is 1. The van der Waals surface area contributed by atoms with Crippen LogP contribution in [0.2, 0.25) is 0 Å². The summed E-state index contributed by atoms with van der Waals surface area (Å²) in [6.45, 7) is 4.03. The minimum absolute atomic E-state index is 0.0503. The highest BCUT2D eigenvalue weighted by Gasteiger charge is 2.11. The first-order valence-electron chi connectivity index (χ1n) is 4.85. The number of benzene rings is 1. The number of carbonyl (C=O) groups is 1. The fourth-order valence-corrected chi connectivity index (χ4v) is 1.26. The molecule has 4 N–H and O–H groups in total. The van der Waals surface area contributed by atoms with Crippen molar-refractivity contribution < 1.29 is 9.90 Å². The van der Waals surface area contributed by atoms with E-state index in [2.05, 4.69) is 5.32 Å². The summed E-state index contributed by atoms with van der Waals surface area (Å²) in [7, 11) is 0. The fraction of sp³-hybridized carbons (Fsp3) is 0.364. The third-order valence-corrected chi connectivity index (χ3v) is 2.19. The summed E-state index contributed by atoms with van der Waals surface area (Å²) >= 11 is 0. The molecule has 1 unspecified atom stereocenters. The van der Waals surface area contributed by atoms with E-state index >= 15 is 0 Å². The van der Waals surface area contributed by atoms with Gasteiger partial charge in [0.15, 0.2) is 0 Å². The molecule has 0 spiro atoms. The number of amides is 1. The van der Waals surface area contributed by atoms with Crippen LogP contribution in [0.1, 0.15) is 22.8 Å². The van der Waals surface area contributed by atoms with Gasteiger partial charge in [-0.25, -0.2) is 0 Å². The zero-order valence-electron chi connectivity index (χ0n) is 8.95. The second-order valence-corrected chi connectivity index (χ2v) is 3.61. The molecule has 15 heavy (non-hydrogen) atoms. The smallest absolute Gasteiger partial charge is 0.251 e. The van der Waals surface area contributed by atoms with Crippen molar-refractivity contribution in [2.45, 2.75) is 19.9 Å². The zero-order chi connectivity index (χ0) is 11.4. The van der Waals surface area contributed by atoms with Crippen LogP contribution < -0.4 is 11.1 Å². The number of rotatable bonds is 3. The van der Waals surface area contributed by atoms with E-state index in [1.807, 2.05) is 6.92 Å². The predicted octanol–water partition coefficient (Wildman–Crippen LogP) is 0.778. The van der Waals surface area contributed by atoms with Crippen LogP contribution in [0.25, 0.3) is 0 Å². The summed E-state index contributed by atoms with van der Waals surface area (Å²) in [6, 6.07) is 4.60. The van der Waals surface area contributed by atoms with E-state index in [1.54, 1.807) is 19.1 Å². The van der Waals surface area contributed by atoms with Gasteiger partial charge in [0.1, 0.15) is 5.75 Å². The SMILES string of the molecule is Cc1cc(O)ccc1C(=O)NC(C)CN. The third kappa shape index (κ3) is 2.95. The molecule has 1 aromatic rings. The van der Waals surface area contributed by atoms with Crippen LogP contribution in [0.3, 0.4) is 0 Å². The van der Waals surface area contributed by atoms with Gasteiger partial charge < -0.3 is 16.2 Å². The highest BCUT2D eigenvalue weighted by Crippen LogP contribution is 2.15. The van der Waals surface area contributed by atoms with Gasteiger partial charge in [-0.1, -0.05) is 0 Å². The molecule has 0 aliphatic carbocycles. The minimum Gasteiger partial charge on any atom is -0.508 e. The van der Waals surface area contributed by atoms with E-state index in [4.69, 9.17) is 5.73 Å². The Hall–Kier alpha value is -1.55. The molecule has 0 saturated carbocycles. The molecule has 0 bridgehead atoms. The standard InChI is InChI=1S/C11H16N2O2/c1-7-5-9(14)3-4-10(7)11(15)13-8(2)6-12/h3-5,8,14H,6,12H2,1-2H3,(H,13,15). The average molecular weight is 208 g/mol. The first-order chi connectivity index (χ1) is 7.04. The Morgan fingerprint density at radius 2 is 2.27 bits per heavy atom. The maximum absolute atomic E-state index is 11.7. The molecule has 4 heteroatoms. The Morgan fingerprint density at radius 3 is 2.80 bits per heavy atom. The van der Waals surface area contributed by atoms with Crippen molar-refractivity contribution in [3.05, 3.63) is 29.3 Å². The van der Waals surface area contributed by atoms with E-state index in [0.717, 1.165) is 5.56 Å². The maximum Gasteiger partial charge on any atom is 0.251 e. The molecule has 0 saturated heterocycles. The van der Waals surface area contributed by atoms with Crippen molar-refractivity contribution in [1.82, 2.24) is 5.32 Å². The number of carbonyl (C=O) groups excluding carboxylic acids is 1. The zero-order valence-corrected chi connectivity index (χ0v) is 8.95. The molecular formula is C11H16N2O2. The highest BCUT2D eigenvalue weighted by molar-refractivity contribution is 5.95. The normalized spacial score (nSPS) is 12.2. The Morgan fingerprint density at radius 1 is 1.60 bits per heavy atom. The number of aryl methyl sites for hydroxylation is 1. The van der Waals surface area contributed by atoms with Crippen LogP contribution in [-0.4, -0.2) is 23.6 Å². The maximum atomic E-state index is 11.7. The van der Waals surface area contributed by atoms with Crippen LogP contribution in [0.5, 0.6) is 5.75 Å². The molecule has 4 nitrogen and oxygen atoms in total. The van der Waals surface area contributed by atoms with Crippen molar-refractivity contribution in [2.24, 2.45) is 5.73 Å². The van der Waals surface area contributed by atoms with Gasteiger partial charge in [-0.3, -0.25) is 4.79 Å². The summed E-state index contributed by atoms with van der Waals surface area (Å²) in [5.41, 5.74) is 6.72. The predicted molar refractivity (Wildman–Crippen MR) is 58.8 cm³/mol. The first-order valence-corrected chi connectivity index (χ1v) is 4.85. The van der Waals surface area contributed by atoms with Gasteiger partial charge in [0.2, 0.25) is 0 Å². The number of hydrogen-bond acceptors (Lipinski definition) is 3. The van der Waals surface area contributed by atoms with Gasteiger partial charge in [0.05, 0.1) is 0 Å². The number of phenols is 1. The van der Waals surface area contributed by atoms with Gasteiger partial charge in [0.25, 0.3) is 5.91 Å². The molecule has 82 valence electrons. The molecular weight excluding hydrogens is 192 g/mol. The monoisotopic (exact) mass is 208 g/mol. The van der Waals surface area contributed by atoms with E-state index in [9.17, 15) is 9.90 Å². The second-order valence-electron chi connectivity index (χ2n) is 3.61. The van der Waals surface area contributed by atoms with Gasteiger partial charge in [-0.15, -0.1) is 0 Å². The molecule has 0 fully saturated rings. The van der Waals surface area contributed by atoms with Crippen molar-refractivity contribution in [1.29, 1.82) is 0 Å². The van der Waals surface area contributed by atoms with Crippen LogP contribution in [0.4, 0.5) is 0 Å². The molecule has 1 amide bonds. The molecule has 0 aliphatic heterocycles. The molecule has 0 aromatic heterocycles. The topological polar surface area (TPSA) is 75.3 Å². The lowest BCUT2D eigenvalue weighted by molar-refractivity contribution is 0.0940. The highest BCUT2D eigenvalue weighted by atomic mass is 16.3. The van der Waals surface area contributed by atoms with Crippen LogP contribution in [0, 0.1) is 6.92 Å². The molecule has 1 rings (SSSR count). The van der Waals surface area contributed by atoms with Gasteiger partial charge in [-0.2, -0.15) is 0 Å². The number of nitrogens with two attached hydrogens (primary N) is 1. The number of aromatic hydroxyl groups is 1. The Balaban J connectivity index is 2.82. The van der Waals surface area contributed by atoms with E-state index in [0.29, 0.717) is 12.1 Å². The lowest BCUT2D eigenvalue weighted by Crippen LogP contribution is -2.38.